The topological polar surface area (TPSA) is 112 Å². The lowest BCUT2D eigenvalue weighted by Gasteiger charge is -2.31. The fourth-order valence-electron chi connectivity index (χ4n) is 5.99. The van der Waals surface area contributed by atoms with Crippen molar-refractivity contribution in [2.75, 3.05) is 0 Å². The second-order valence-electron chi connectivity index (χ2n) is 14.7. The molecule has 318 valence electrons. The van der Waals surface area contributed by atoms with Crippen molar-refractivity contribution in [3.8, 4) is 0 Å². The number of aliphatic hydroxyl groups is 3. The zero-order valence-corrected chi connectivity index (χ0v) is 35.8. The summed E-state index contributed by atoms with van der Waals surface area (Å²) >= 11 is 0. The third-order valence-electron chi connectivity index (χ3n) is 9.61. The number of aliphatic hydroxyl groups excluding tert-OH is 2. The van der Waals surface area contributed by atoms with Gasteiger partial charge in [0.1, 0.15) is 12.2 Å². The molecule has 3 N–H and O–H groups in total. The quantitative estimate of drug-likeness (QED) is 0.0250. The fourth-order valence-corrected chi connectivity index (χ4v) is 5.99. The van der Waals surface area contributed by atoms with Crippen LogP contribution < -0.4 is 0 Å². The number of ketones is 3. The number of carbonyl (C=O) groups is 3. The van der Waals surface area contributed by atoms with E-state index in [-0.39, 0.29) is 6.42 Å². The van der Waals surface area contributed by atoms with Gasteiger partial charge in [-0.3, -0.25) is 14.4 Å². The van der Waals surface area contributed by atoms with Gasteiger partial charge in [-0.15, -0.1) is 0 Å². The first-order valence-corrected chi connectivity index (χ1v) is 22.1. The van der Waals surface area contributed by atoms with Crippen LogP contribution in [0.5, 0.6) is 0 Å². The molecule has 0 bridgehead atoms. The van der Waals surface area contributed by atoms with E-state index in [4.69, 9.17) is 0 Å². The second-order valence-corrected chi connectivity index (χ2v) is 14.7. The van der Waals surface area contributed by atoms with Gasteiger partial charge in [-0.05, 0) is 44.3 Å². The summed E-state index contributed by atoms with van der Waals surface area (Å²) in [7, 11) is 0. The smallest absolute Gasteiger partial charge is 0.214 e. The first-order chi connectivity index (χ1) is 27.8. The van der Waals surface area contributed by atoms with Crippen LogP contribution >= 0.6 is 0 Å². The Bertz CT molecular complexity index is 1340. The highest BCUT2D eigenvalue weighted by molar-refractivity contribution is 6.16. The number of Topliss-reactive ketones (excluding diaryl/α,β-unsaturated/α-hetero) is 1. The Morgan fingerprint density at radius 1 is 0.439 bits per heavy atom. The third-order valence-corrected chi connectivity index (χ3v) is 9.61. The minimum absolute atomic E-state index is 0.176. The standard InChI is InChI=1S/C51H78O6/c1-4-7-10-13-15-17-19-21-23-25-27-29-31-33-35-38-40-43-46(52)49(55)50(56)51(57,47(53)44-41-37-12-9-6-3)48(54)45-42-39-36-34-32-30-28-26-24-22-20-18-16-14-11-8-5-2/h23-36,38-40,42-43,45,49-50,55-57H,4-22,37,41,44H2,1-3H3. The molecule has 0 heterocycles. The molecule has 0 radical (unpaired) electrons. The summed E-state index contributed by atoms with van der Waals surface area (Å²) in [6.07, 6.45) is 54.1. The lowest BCUT2D eigenvalue weighted by molar-refractivity contribution is -0.171. The van der Waals surface area contributed by atoms with Gasteiger partial charge in [-0.25, -0.2) is 0 Å². The van der Waals surface area contributed by atoms with Gasteiger partial charge in [-0.1, -0.05) is 233 Å². The van der Waals surface area contributed by atoms with E-state index in [0.717, 1.165) is 44.3 Å². The second kappa shape index (κ2) is 39.1. The zero-order valence-electron chi connectivity index (χ0n) is 35.8. The van der Waals surface area contributed by atoms with Crippen molar-refractivity contribution in [1.29, 1.82) is 0 Å². The van der Waals surface area contributed by atoms with E-state index in [1.54, 1.807) is 36.5 Å². The van der Waals surface area contributed by atoms with E-state index in [9.17, 15) is 29.7 Å². The van der Waals surface area contributed by atoms with Gasteiger partial charge in [0.05, 0.1) is 0 Å². The predicted octanol–water partition coefficient (Wildman–Crippen LogP) is 12.4. The molecule has 0 aliphatic carbocycles. The van der Waals surface area contributed by atoms with Crippen molar-refractivity contribution in [1.82, 2.24) is 0 Å². The first kappa shape index (κ1) is 53.3. The van der Waals surface area contributed by atoms with Crippen LogP contribution in [0.4, 0.5) is 0 Å². The Hall–Kier alpha value is -3.71. The molecule has 0 aromatic carbocycles. The third kappa shape index (κ3) is 29.2. The molecule has 0 fully saturated rings. The minimum Gasteiger partial charge on any atom is -0.386 e. The predicted molar refractivity (Wildman–Crippen MR) is 242 cm³/mol. The normalized spacial score (nSPS) is 15.2. The monoisotopic (exact) mass is 787 g/mol. The Morgan fingerprint density at radius 2 is 0.772 bits per heavy atom. The number of carbonyl (C=O) groups excluding carboxylic acids is 3. The number of rotatable bonds is 37. The maximum absolute atomic E-state index is 13.2. The fraction of sp³-hybridized carbons (Fsp3) is 0.549. The van der Waals surface area contributed by atoms with E-state index < -0.39 is 35.2 Å². The van der Waals surface area contributed by atoms with Gasteiger partial charge in [0.15, 0.2) is 17.3 Å². The molecular weight excluding hydrogens is 709 g/mol. The van der Waals surface area contributed by atoms with Crippen LogP contribution in [0.15, 0.2) is 122 Å². The molecular formula is C51H78O6. The maximum Gasteiger partial charge on any atom is 0.214 e. The molecule has 0 saturated carbocycles. The average molecular weight is 787 g/mol. The summed E-state index contributed by atoms with van der Waals surface area (Å²) in [4.78, 5) is 39.2. The van der Waals surface area contributed by atoms with Gasteiger partial charge in [0, 0.05) is 6.42 Å². The molecule has 57 heavy (non-hydrogen) atoms. The summed E-state index contributed by atoms with van der Waals surface area (Å²) in [6.45, 7) is 6.53. The number of allylic oxidation sites excluding steroid dienone is 18. The molecule has 0 aliphatic rings. The van der Waals surface area contributed by atoms with E-state index in [0.29, 0.717) is 12.8 Å². The van der Waals surface area contributed by atoms with Crippen LogP contribution in [0.3, 0.4) is 0 Å². The molecule has 0 aromatic heterocycles. The van der Waals surface area contributed by atoms with Crippen LogP contribution in [-0.4, -0.2) is 50.5 Å². The molecule has 6 heteroatoms. The highest BCUT2D eigenvalue weighted by atomic mass is 16.4. The van der Waals surface area contributed by atoms with Gasteiger partial charge in [-0.2, -0.15) is 0 Å². The van der Waals surface area contributed by atoms with Gasteiger partial charge in [0.2, 0.25) is 5.60 Å². The van der Waals surface area contributed by atoms with Crippen LogP contribution in [0, 0.1) is 0 Å². The van der Waals surface area contributed by atoms with Crippen molar-refractivity contribution < 1.29 is 29.7 Å². The SMILES string of the molecule is CCCCCCCCCC=CC=CC=CC=CC=CC(=O)C(O)C(O)C(O)(C(=O)C=CC=CC=CC=CC=CCCCCCCCCC)C(=O)CCCCCCC. The Labute approximate surface area is 347 Å². The van der Waals surface area contributed by atoms with E-state index >= 15 is 0 Å². The molecule has 0 saturated heterocycles. The molecule has 0 amide bonds. The Morgan fingerprint density at radius 3 is 1.19 bits per heavy atom. The molecule has 0 aliphatic heterocycles. The number of hydrogen-bond acceptors (Lipinski definition) is 6. The van der Waals surface area contributed by atoms with Crippen molar-refractivity contribution in [3.05, 3.63) is 122 Å². The van der Waals surface area contributed by atoms with Gasteiger partial charge >= 0.3 is 0 Å². The van der Waals surface area contributed by atoms with E-state index in [2.05, 4.69) is 32.9 Å². The highest BCUT2D eigenvalue weighted by Crippen LogP contribution is 2.23. The van der Waals surface area contributed by atoms with Crippen molar-refractivity contribution in [2.24, 2.45) is 0 Å². The summed E-state index contributed by atoms with van der Waals surface area (Å²) < 4.78 is 0. The molecule has 6 nitrogen and oxygen atoms in total. The molecule has 0 aromatic rings. The highest BCUT2D eigenvalue weighted by Gasteiger charge is 2.52. The van der Waals surface area contributed by atoms with Crippen LogP contribution in [-0.2, 0) is 14.4 Å². The average Bonchev–Trinajstić information content (AvgIpc) is 3.21. The molecule has 3 atom stereocenters. The number of hydrogen-bond donors (Lipinski definition) is 3. The van der Waals surface area contributed by atoms with Crippen LogP contribution in [0.25, 0.3) is 0 Å². The molecule has 0 spiro atoms. The lowest BCUT2D eigenvalue weighted by atomic mass is 9.81. The Balaban J connectivity index is 5.14. The largest absolute Gasteiger partial charge is 0.386 e. The number of unbranched alkanes of at least 4 members (excludes halogenated alkanes) is 18. The summed E-state index contributed by atoms with van der Waals surface area (Å²) in [5.74, 6) is -2.98. The first-order valence-electron chi connectivity index (χ1n) is 22.1. The molecule has 0 rings (SSSR count). The lowest BCUT2D eigenvalue weighted by Crippen LogP contribution is -2.60. The maximum atomic E-state index is 13.2. The summed E-state index contributed by atoms with van der Waals surface area (Å²) in [5.41, 5.74) is -2.98. The van der Waals surface area contributed by atoms with Gasteiger partial charge in [0.25, 0.3) is 0 Å². The summed E-state index contributed by atoms with van der Waals surface area (Å²) in [6, 6.07) is 0. The van der Waals surface area contributed by atoms with Crippen molar-refractivity contribution in [2.45, 2.75) is 180 Å². The molecule has 3 unspecified atom stereocenters. The van der Waals surface area contributed by atoms with E-state index in [1.165, 1.54) is 102 Å². The zero-order chi connectivity index (χ0) is 42.1. The van der Waals surface area contributed by atoms with Crippen LogP contribution in [0.2, 0.25) is 0 Å². The van der Waals surface area contributed by atoms with E-state index in [1.807, 2.05) is 48.6 Å². The van der Waals surface area contributed by atoms with Crippen molar-refractivity contribution >= 4 is 17.3 Å². The summed E-state index contributed by atoms with van der Waals surface area (Å²) in [5, 5.41) is 33.0. The van der Waals surface area contributed by atoms with Crippen molar-refractivity contribution in [3.63, 3.8) is 0 Å². The van der Waals surface area contributed by atoms with Gasteiger partial charge < -0.3 is 15.3 Å². The Kier molecular flexibility index (Phi) is 36.6. The minimum atomic E-state index is -2.98. The van der Waals surface area contributed by atoms with Crippen LogP contribution in [0.1, 0.15) is 162 Å².